The van der Waals surface area contributed by atoms with Crippen molar-refractivity contribution in [3.8, 4) is 17.1 Å². The quantitative estimate of drug-likeness (QED) is 0.157. The minimum absolute atomic E-state index is 0.0186. The molecule has 10 aromatic carbocycles. The fourth-order valence-electron chi connectivity index (χ4n) is 14.3. The molecule has 3 aromatic heterocycles. The second kappa shape index (κ2) is 17.0. The van der Waals surface area contributed by atoms with Gasteiger partial charge in [-0.3, -0.25) is 0 Å². The Morgan fingerprint density at radius 1 is 0.370 bits per heavy atom. The lowest BCUT2D eigenvalue weighted by Gasteiger charge is -2.42. The number of hydrogen-bond donors (Lipinski definition) is 0. The first kappa shape index (κ1) is 49.5. The topological polar surface area (TPSA) is 18.0 Å². The Labute approximate surface area is 477 Å². The van der Waals surface area contributed by atoms with E-state index in [-0.39, 0.29) is 28.4 Å². The zero-order valence-electron chi connectivity index (χ0n) is 48.9. The summed E-state index contributed by atoms with van der Waals surface area (Å²) < 4.78 is 7.61. The van der Waals surface area contributed by atoms with E-state index in [1.54, 1.807) is 0 Å². The van der Waals surface area contributed by atoms with Crippen LogP contribution in [0.4, 0.5) is 17.1 Å². The van der Waals surface area contributed by atoms with Crippen LogP contribution in [0.3, 0.4) is 0 Å². The molecule has 13 aromatic rings. The third-order valence-electron chi connectivity index (χ3n) is 18.5. The van der Waals surface area contributed by atoms with Gasteiger partial charge in [0.25, 0.3) is 0 Å². The van der Waals surface area contributed by atoms with Crippen molar-refractivity contribution in [1.29, 1.82) is 0 Å². The number of anilines is 3. The molecule has 0 unspecified atom stereocenters. The summed E-state index contributed by atoms with van der Waals surface area (Å²) in [5, 5.41) is 7.73. The van der Waals surface area contributed by atoms with Gasteiger partial charge in [-0.15, -0.1) is 0 Å². The van der Waals surface area contributed by atoms with Crippen molar-refractivity contribution in [2.75, 3.05) is 4.90 Å². The standard InChI is InChI=1S/C76H69BN4/c1-46-36-62-71-70(37-46)81-68-34-31-48(74(5,6)7)39-57(68)60-40-49(75(8,9)10)41-64(72(60)81)77(71)63-44-59-56-38-47(73(2,3)4)30-33-66(56)80(69(59)45-61(63)76(62,11)12)53-27-21-26-52(42-53)78(50-22-15-13-16-23-50)54-32-35-67-58(43-54)55-28-19-20-29-65(55)79(67)51-24-17-14-18-25-51/h13-45H,1-12H3. The number of nitrogens with zero attached hydrogens (tertiary/aromatic N) is 4. The van der Waals surface area contributed by atoms with Gasteiger partial charge in [-0.25, -0.2) is 0 Å². The van der Waals surface area contributed by atoms with Crippen LogP contribution in [0, 0.1) is 6.92 Å². The average Bonchev–Trinajstić information content (AvgIpc) is 3.03. The van der Waals surface area contributed by atoms with Gasteiger partial charge < -0.3 is 18.6 Å². The van der Waals surface area contributed by atoms with E-state index >= 15 is 0 Å². The molecule has 0 amide bonds. The van der Waals surface area contributed by atoms with Crippen LogP contribution in [0.2, 0.25) is 0 Å². The Bertz CT molecular complexity index is 4790. The highest BCUT2D eigenvalue weighted by Crippen LogP contribution is 2.46. The lowest BCUT2D eigenvalue weighted by molar-refractivity contribution is 0.590. The van der Waals surface area contributed by atoms with Gasteiger partial charge >= 0.3 is 0 Å². The summed E-state index contributed by atoms with van der Waals surface area (Å²) in [6.07, 6.45) is 0. The molecule has 2 aliphatic rings. The summed E-state index contributed by atoms with van der Waals surface area (Å²) in [5.41, 5.74) is 26.4. The van der Waals surface area contributed by atoms with Crippen LogP contribution in [-0.2, 0) is 21.7 Å². The molecular weight excluding hydrogens is 980 g/mol. The Balaban J connectivity index is 0.983. The van der Waals surface area contributed by atoms with Crippen LogP contribution >= 0.6 is 0 Å². The molecule has 81 heavy (non-hydrogen) atoms. The summed E-state index contributed by atoms with van der Waals surface area (Å²) >= 11 is 0. The van der Waals surface area contributed by atoms with Gasteiger partial charge in [0.2, 0.25) is 6.71 Å². The molecule has 0 fully saturated rings. The summed E-state index contributed by atoms with van der Waals surface area (Å²) in [4.78, 5) is 2.43. The smallest absolute Gasteiger partial charge is 0.247 e. The molecule has 4 nitrogen and oxygen atoms in total. The molecule has 0 saturated heterocycles. The van der Waals surface area contributed by atoms with Crippen molar-refractivity contribution in [2.45, 2.75) is 105 Å². The number of hydrogen-bond acceptors (Lipinski definition) is 1. The van der Waals surface area contributed by atoms with Crippen LogP contribution in [0.15, 0.2) is 200 Å². The van der Waals surface area contributed by atoms with Gasteiger partial charge in [-0.2, -0.15) is 0 Å². The Morgan fingerprint density at radius 3 is 1.59 bits per heavy atom. The number of aryl methyl sites for hydroxylation is 1. The SMILES string of the molecule is Cc1cc2c3c(c1)C(C)(C)c1cc4c(cc1B3c1cc(C(C)(C)C)cc3c5cc(C(C)(C)C)ccc5n-2c13)c1cc(C(C)(C)C)ccc1n4-c1cccc(N(c2ccccc2)c2ccc3c(c2)c2ccccc2n3-c2ccccc2)c1. The molecule has 0 radical (unpaired) electrons. The van der Waals surface area contributed by atoms with Gasteiger partial charge in [-0.05, 0) is 177 Å². The van der Waals surface area contributed by atoms with Crippen LogP contribution < -0.4 is 21.3 Å². The lowest BCUT2D eigenvalue weighted by atomic mass is 9.30. The van der Waals surface area contributed by atoms with Crippen LogP contribution in [0.5, 0.6) is 0 Å². The molecule has 0 bridgehead atoms. The van der Waals surface area contributed by atoms with E-state index in [2.05, 4.69) is 302 Å². The molecule has 2 aliphatic heterocycles. The molecule has 0 spiro atoms. The van der Waals surface area contributed by atoms with Gasteiger partial charge in [0.05, 0.1) is 27.6 Å². The number of fused-ring (bicyclic) bond motifs is 13. The van der Waals surface area contributed by atoms with E-state index in [4.69, 9.17) is 0 Å². The third-order valence-corrected chi connectivity index (χ3v) is 18.5. The van der Waals surface area contributed by atoms with Crippen LogP contribution in [0.25, 0.3) is 82.5 Å². The first-order valence-corrected chi connectivity index (χ1v) is 29.2. The maximum absolute atomic E-state index is 2.65. The van der Waals surface area contributed by atoms with E-state index < -0.39 is 0 Å². The molecular formula is C76H69BN4. The minimum Gasteiger partial charge on any atom is -0.310 e. The Hall–Kier alpha value is -8.54. The van der Waals surface area contributed by atoms with Crippen molar-refractivity contribution in [3.63, 3.8) is 0 Å². The molecule has 0 aliphatic carbocycles. The monoisotopic (exact) mass is 1050 g/mol. The number of benzene rings is 10. The molecule has 0 saturated carbocycles. The first-order chi connectivity index (χ1) is 38.7. The minimum atomic E-state index is -0.317. The maximum atomic E-state index is 2.65. The predicted molar refractivity (Wildman–Crippen MR) is 348 cm³/mol. The average molecular weight is 1050 g/mol. The Kier molecular flexibility index (Phi) is 10.4. The van der Waals surface area contributed by atoms with E-state index in [0.29, 0.717) is 0 Å². The van der Waals surface area contributed by atoms with E-state index in [1.165, 1.54) is 121 Å². The van der Waals surface area contributed by atoms with Gasteiger partial charge in [0.1, 0.15) is 0 Å². The number of rotatable bonds is 5. The second-order valence-corrected chi connectivity index (χ2v) is 27.2. The van der Waals surface area contributed by atoms with E-state index in [1.807, 2.05) is 0 Å². The molecule has 15 rings (SSSR count). The largest absolute Gasteiger partial charge is 0.310 e. The fraction of sp³-hybridized carbons (Fsp3) is 0.211. The predicted octanol–water partition coefficient (Wildman–Crippen LogP) is 18.1. The Morgan fingerprint density at radius 2 is 0.901 bits per heavy atom. The second-order valence-electron chi connectivity index (χ2n) is 27.2. The van der Waals surface area contributed by atoms with Gasteiger partial charge in [-0.1, -0.05) is 173 Å². The fourth-order valence-corrected chi connectivity index (χ4v) is 14.3. The summed E-state index contributed by atoms with van der Waals surface area (Å²) in [7, 11) is 0. The first-order valence-electron chi connectivity index (χ1n) is 29.2. The summed E-state index contributed by atoms with van der Waals surface area (Å²) in [5.74, 6) is 0. The highest BCUT2D eigenvalue weighted by Gasteiger charge is 2.46. The van der Waals surface area contributed by atoms with Crippen molar-refractivity contribution in [3.05, 3.63) is 234 Å². The van der Waals surface area contributed by atoms with E-state index in [0.717, 1.165) is 28.4 Å². The molecule has 0 N–H and O–H groups in total. The highest BCUT2D eigenvalue weighted by molar-refractivity contribution is 6.99. The summed E-state index contributed by atoms with van der Waals surface area (Å²) in [6.45, 7) is 28.5. The zero-order valence-corrected chi connectivity index (χ0v) is 48.9. The third kappa shape index (κ3) is 7.29. The summed E-state index contributed by atoms with van der Waals surface area (Å²) in [6, 6.07) is 76.6. The van der Waals surface area contributed by atoms with E-state index in [9.17, 15) is 0 Å². The zero-order chi connectivity index (χ0) is 55.8. The van der Waals surface area contributed by atoms with Crippen LogP contribution in [-0.4, -0.2) is 20.4 Å². The van der Waals surface area contributed by atoms with Gasteiger partial charge in [0.15, 0.2) is 0 Å². The lowest BCUT2D eigenvalue weighted by Crippen LogP contribution is -2.63. The maximum Gasteiger partial charge on any atom is 0.247 e. The van der Waals surface area contributed by atoms with Crippen molar-refractivity contribution in [1.82, 2.24) is 13.7 Å². The van der Waals surface area contributed by atoms with Crippen molar-refractivity contribution < 1.29 is 0 Å². The van der Waals surface area contributed by atoms with Gasteiger partial charge in [0, 0.05) is 77.4 Å². The molecule has 5 heterocycles. The number of para-hydroxylation sites is 3. The normalized spacial score (nSPS) is 14.0. The van der Waals surface area contributed by atoms with Crippen molar-refractivity contribution >= 4 is 106 Å². The highest BCUT2D eigenvalue weighted by atomic mass is 15.1. The number of aromatic nitrogens is 3. The molecule has 396 valence electrons. The molecule has 5 heteroatoms. The van der Waals surface area contributed by atoms with Crippen LogP contribution in [0.1, 0.15) is 110 Å². The van der Waals surface area contributed by atoms with Crippen molar-refractivity contribution in [2.24, 2.45) is 0 Å². The molecule has 0 atom stereocenters.